The van der Waals surface area contributed by atoms with Crippen LogP contribution in [0.3, 0.4) is 0 Å². The molecule has 0 aliphatic carbocycles. The van der Waals surface area contributed by atoms with Crippen molar-refractivity contribution < 1.29 is 23.5 Å². The normalized spacial score (nSPS) is 10.3. The Kier molecular flexibility index (Phi) is 7.14. The minimum Gasteiger partial charge on any atom is -0.494 e. The van der Waals surface area contributed by atoms with Crippen molar-refractivity contribution >= 4 is 17.4 Å². The van der Waals surface area contributed by atoms with E-state index in [2.05, 4.69) is 5.32 Å². The molecular weight excluding hydrogens is 337 g/mol. The first-order valence-electron chi connectivity index (χ1n) is 8.43. The van der Waals surface area contributed by atoms with Crippen LogP contribution in [-0.2, 0) is 4.79 Å². The third kappa shape index (κ3) is 5.58. The van der Waals surface area contributed by atoms with Gasteiger partial charge in [-0.15, -0.1) is 0 Å². The molecule has 5 nitrogen and oxygen atoms in total. The van der Waals surface area contributed by atoms with E-state index >= 15 is 0 Å². The van der Waals surface area contributed by atoms with Crippen LogP contribution < -0.4 is 14.8 Å². The second-order valence-corrected chi connectivity index (χ2v) is 5.69. The fourth-order valence-corrected chi connectivity index (χ4v) is 2.30. The van der Waals surface area contributed by atoms with Crippen LogP contribution in [0.15, 0.2) is 42.5 Å². The molecule has 0 saturated heterocycles. The monoisotopic (exact) mass is 359 g/mol. The highest BCUT2D eigenvalue weighted by Gasteiger charge is 2.11. The molecule has 138 valence electrons. The van der Waals surface area contributed by atoms with Crippen molar-refractivity contribution in [3.63, 3.8) is 0 Å². The van der Waals surface area contributed by atoms with Gasteiger partial charge in [0.15, 0.2) is 17.3 Å². The van der Waals surface area contributed by atoms with E-state index in [1.54, 1.807) is 24.3 Å². The first-order chi connectivity index (χ1) is 12.5. The summed E-state index contributed by atoms with van der Waals surface area (Å²) in [4.78, 5) is 24.1. The highest BCUT2D eigenvalue weighted by molar-refractivity contribution is 6.00. The number of nitrogens with one attached hydrogen (secondary N) is 1. The van der Waals surface area contributed by atoms with Crippen molar-refractivity contribution in [3.8, 4) is 11.5 Å². The molecule has 2 rings (SSSR count). The lowest BCUT2D eigenvalue weighted by atomic mass is 10.1. The maximum Gasteiger partial charge on any atom is 0.224 e. The zero-order chi connectivity index (χ0) is 18.9. The highest BCUT2D eigenvalue weighted by Crippen LogP contribution is 2.21. The molecule has 1 amide bonds. The van der Waals surface area contributed by atoms with Crippen molar-refractivity contribution in [2.24, 2.45) is 0 Å². The van der Waals surface area contributed by atoms with Gasteiger partial charge in [0.2, 0.25) is 5.91 Å². The number of benzene rings is 2. The molecule has 2 aromatic rings. The summed E-state index contributed by atoms with van der Waals surface area (Å²) in [6.07, 6.45) is 0.994. The molecule has 0 unspecified atom stereocenters. The molecule has 0 spiro atoms. The summed E-state index contributed by atoms with van der Waals surface area (Å²) >= 11 is 0. The lowest BCUT2D eigenvalue weighted by Gasteiger charge is -2.08. The van der Waals surface area contributed by atoms with Crippen LogP contribution in [0.25, 0.3) is 0 Å². The Hall–Kier alpha value is -2.89. The minimum atomic E-state index is -0.563. The molecule has 0 atom stereocenters. The Morgan fingerprint density at radius 1 is 1.08 bits per heavy atom. The van der Waals surface area contributed by atoms with Crippen LogP contribution in [0.2, 0.25) is 0 Å². The number of hydrogen-bond donors (Lipinski definition) is 1. The predicted octanol–water partition coefficient (Wildman–Crippen LogP) is 4.22. The van der Waals surface area contributed by atoms with Gasteiger partial charge >= 0.3 is 0 Å². The predicted molar refractivity (Wildman–Crippen MR) is 97.4 cm³/mol. The fourth-order valence-electron chi connectivity index (χ4n) is 2.30. The van der Waals surface area contributed by atoms with Crippen molar-refractivity contribution in [2.75, 3.05) is 19.0 Å². The molecule has 0 aliphatic heterocycles. The Morgan fingerprint density at radius 2 is 1.81 bits per heavy atom. The summed E-state index contributed by atoms with van der Waals surface area (Å²) in [5, 5.41) is 2.57. The zero-order valence-corrected chi connectivity index (χ0v) is 14.9. The summed E-state index contributed by atoms with van der Waals surface area (Å²) < 4.78 is 23.9. The standard InChI is InChI=1S/C20H22FNO4/c1-3-12-26-16-7-4-14(5-8-16)18(23)9-11-20(24)22-15-6-10-19(25-2)17(21)13-15/h4-8,10,13H,3,9,11-12H2,1-2H3,(H,22,24). The number of methoxy groups -OCH3 is 1. The van der Waals surface area contributed by atoms with E-state index in [0.29, 0.717) is 23.6 Å². The Labute approximate surface area is 152 Å². The second-order valence-electron chi connectivity index (χ2n) is 5.69. The van der Waals surface area contributed by atoms with Gasteiger partial charge < -0.3 is 14.8 Å². The molecule has 0 aliphatic rings. The van der Waals surface area contributed by atoms with Gasteiger partial charge in [-0.1, -0.05) is 6.92 Å². The number of Topliss-reactive ketones (excluding diaryl/α,β-unsaturated/α-hetero) is 1. The molecular formula is C20H22FNO4. The molecule has 0 heterocycles. The summed E-state index contributed by atoms with van der Waals surface area (Å²) in [5.41, 5.74) is 0.843. The molecule has 0 saturated carbocycles. The largest absolute Gasteiger partial charge is 0.494 e. The van der Waals surface area contributed by atoms with Crippen LogP contribution in [0.1, 0.15) is 36.5 Å². The molecule has 2 aromatic carbocycles. The highest BCUT2D eigenvalue weighted by atomic mass is 19.1. The molecule has 1 N–H and O–H groups in total. The van der Waals surface area contributed by atoms with E-state index in [0.717, 1.165) is 6.42 Å². The van der Waals surface area contributed by atoms with E-state index in [-0.39, 0.29) is 30.3 Å². The van der Waals surface area contributed by atoms with Gasteiger partial charge in [-0.25, -0.2) is 4.39 Å². The Bertz CT molecular complexity index is 759. The number of amides is 1. The van der Waals surface area contributed by atoms with Gasteiger partial charge in [-0.2, -0.15) is 0 Å². The summed E-state index contributed by atoms with van der Waals surface area (Å²) in [7, 11) is 1.37. The minimum absolute atomic E-state index is 0.0145. The third-order valence-corrected chi connectivity index (χ3v) is 3.66. The maximum atomic E-state index is 13.6. The number of carbonyl (C=O) groups is 2. The maximum absolute atomic E-state index is 13.6. The average Bonchev–Trinajstić information content (AvgIpc) is 2.65. The molecule has 0 aromatic heterocycles. The molecule has 0 bridgehead atoms. The quantitative estimate of drug-likeness (QED) is 0.681. The lowest BCUT2D eigenvalue weighted by molar-refractivity contribution is -0.116. The number of rotatable bonds is 9. The van der Waals surface area contributed by atoms with Crippen molar-refractivity contribution in [2.45, 2.75) is 26.2 Å². The molecule has 0 fully saturated rings. The van der Waals surface area contributed by atoms with Crippen LogP contribution in [0.4, 0.5) is 10.1 Å². The number of ketones is 1. The lowest BCUT2D eigenvalue weighted by Crippen LogP contribution is -2.13. The van der Waals surface area contributed by atoms with E-state index in [1.807, 2.05) is 6.92 Å². The van der Waals surface area contributed by atoms with E-state index in [4.69, 9.17) is 9.47 Å². The van der Waals surface area contributed by atoms with Crippen molar-refractivity contribution in [3.05, 3.63) is 53.8 Å². The number of hydrogen-bond acceptors (Lipinski definition) is 4. The van der Waals surface area contributed by atoms with Crippen molar-refractivity contribution in [1.29, 1.82) is 0 Å². The summed E-state index contributed by atoms with van der Waals surface area (Å²) in [5.74, 6) is -0.243. The Balaban J connectivity index is 1.84. The SMILES string of the molecule is CCCOc1ccc(C(=O)CCC(=O)Nc2ccc(OC)c(F)c2)cc1. The van der Waals surface area contributed by atoms with E-state index in [1.165, 1.54) is 25.3 Å². The first-order valence-corrected chi connectivity index (χ1v) is 8.43. The van der Waals surface area contributed by atoms with E-state index < -0.39 is 5.82 Å². The second kappa shape index (κ2) is 9.56. The summed E-state index contributed by atoms with van der Waals surface area (Å²) in [6.45, 7) is 2.64. The number of ether oxygens (including phenoxy) is 2. The van der Waals surface area contributed by atoms with Gasteiger partial charge in [0, 0.05) is 30.2 Å². The van der Waals surface area contributed by atoms with Gasteiger partial charge in [0.1, 0.15) is 5.75 Å². The zero-order valence-electron chi connectivity index (χ0n) is 14.9. The van der Waals surface area contributed by atoms with Crippen LogP contribution in [0.5, 0.6) is 11.5 Å². The van der Waals surface area contributed by atoms with Gasteiger partial charge in [0.25, 0.3) is 0 Å². The Morgan fingerprint density at radius 3 is 2.42 bits per heavy atom. The fraction of sp³-hybridized carbons (Fsp3) is 0.300. The van der Waals surface area contributed by atoms with Gasteiger partial charge in [0.05, 0.1) is 13.7 Å². The van der Waals surface area contributed by atoms with Crippen LogP contribution in [-0.4, -0.2) is 25.4 Å². The number of carbonyl (C=O) groups excluding carboxylic acids is 2. The molecule has 26 heavy (non-hydrogen) atoms. The number of halogens is 1. The van der Waals surface area contributed by atoms with Gasteiger partial charge in [-0.3, -0.25) is 9.59 Å². The molecule has 0 radical (unpaired) electrons. The van der Waals surface area contributed by atoms with E-state index in [9.17, 15) is 14.0 Å². The third-order valence-electron chi connectivity index (χ3n) is 3.66. The smallest absolute Gasteiger partial charge is 0.224 e. The topological polar surface area (TPSA) is 64.6 Å². The van der Waals surface area contributed by atoms with Gasteiger partial charge in [-0.05, 0) is 42.8 Å². The van der Waals surface area contributed by atoms with Crippen molar-refractivity contribution in [1.82, 2.24) is 0 Å². The average molecular weight is 359 g/mol. The number of anilines is 1. The van der Waals surface area contributed by atoms with Crippen LogP contribution in [0, 0.1) is 5.82 Å². The van der Waals surface area contributed by atoms with Crippen LogP contribution >= 0.6 is 0 Å². The molecule has 6 heteroatoms. The summed E-state index contributed by atoms with van der Waals surface area (Å²) in [6, 6.07) is 11.0. The first kappa shape index (κ1) is 19.4.